The van der Waals surface area contributed by atoms with Gasteiger partial charge in [0.15, 0.2) is 5.96 Å². The molecule has 2 unspecified atom stereocenters. The first-order valence-corrected chi connectivity index (χ1v) is 9.18. The molecule has 2 saturated heterocycles. The van der Waals surface area contributed by atoms with Crippen molar-refractivity contribution in [3.63, 3.8) is 0 Å². The molecular formula is C18H29ClIN5. The molecule has 5 nitrogen and oxygen atoms in total. The van der Waals surface area contributed by atoms with Crippen molar-refractivity contribution >= 4 is 47.2 Å². The van der Waals surface area contributed by atoms with Crippen molar-refractivity contribution in [1.82, 2.24) is 15.5 Å². The summed E-state index contributed by atoms with van der Waals surface area (Å²) in [5, 5.41) is 7.86. The fraction of sp³-hybridized carbons (Fsp3) is 0.611. The lowest BCUT2D eigenvalue weighted by atomic mass is 10.1. The molecule has 2 aliphatic rings. The minimum Gasteiger partial charge on any atom is -0.369 e. The van der Waals surface area contributed by atoms with Gasteiger partial charge in [0.2, 0.25) is 0 Å². The average Bonchev–Trinajstić information content (AvgIpc) is 3.20. The summed E-state index contributed by atoms with van der Waals surface area (Å²) in [6, 6.07) is 8.51. The second kappa shape index (κ2) is 9.83. The van der Waals surface area contributed by atoms with Gasteiger partial charge in [0.25, 0.3) is 0 Å². The fourth-order valence-electron chi connectivity index (χ4n) is 3.61. The van der Waals surface area contributed by atoms with Crippen molar-refractivity contribution in [2.45, 2.75) is 18.9 Å². The SMILES string of the molecule is CN=C(NCC1CCN(C)C1)NC1CCN(c2cccc(Cl)c2)C1.I. The molecular weight excluding hydrogens is 449 g/mol. The maximum absolute atomic E-state index is 6.11. The standard InChI is InChI=1S/C18H28ClN5.HI/c1-20-18(21-11-14-6-8-23(2)12-14)22-16-7-9-24(13-16)17-5-3-4-15(19)10-17;/h3-5,10,14,16H,6-9,11-13H2,1-2H3,(H2,20,21,22);1H. The van der Waals surface area contributed by atoms with Gasteiger partial charge in [0.1, 0.15) is 0 Å². The van der Waals surface area contributed by atoms with Crippen molar-refractivity contribution in [2.75, 3.05) is 51.7 Å². The molecule has 0 amide bonds. The summed E-state index contributed by atoms with van der Waals surface area (Å²) in [7, 11) is 4.04. The maximum atomic E-state index is 6.11. The zero-order valence-electron chi connectivity index (χ0n) is 15.0. The van der Waals surface area contributed by atoms with Gasteiger partial charge in [0.05, 0.1) is 0 Å². The van der Waals surface area contributed by atoms with E-state index >= 15 is 0 Å². The molecule has 0 spiro atoms. The van der Waals surface area contributed by atoms with Gasteiger partial charge in [-0.05, 0) is 50.6 Å². The Bertz CT molecular complexity index is 582. The van der Waals surface area contributed by atoms with Crippen molar-refractivity contribution in [2.24, 2.45) is 10.9 Å². The number of nitrogens with one attached hydrogen (secondary N) is 2. The van der Waals surface area contributed by atoms with E-state index in [4.69, 9.17) is 11.6 Å². The number of halogens is 2. The molecule has 2 aliphatic heterocycles. The van der Waals surface area contributed by atoms with Gasteiger partial charge in [-0.3, -0.25) is 4.99 Å². The van der Waals surface area contributed by atoms with Crippen molar-refractivity contribution in [3.05, 3.63) is 29.3 Å². The van der Waals surface area contributed by atoms with Gasteiger partial charge >= 0.3 is 0 Å². The smallest absolute Gasteiger partial charge is 0.191 e. The Morgan fingerprint density at radius 3 is 2.80 bits per heavy atom. The monoisotopic (exact) mass is 477 g/mol. The minimum atomic E-state index is 0. The number of rotatable bonds is 4. The van der Waals surface area contributed by atoms with Crippen LogP contribution in [0.4, 0.5) is 5.69 Å². The van der Waals surface area contributed by atoms with E-state index in [1.807, 2.05) is 25.2 Å². The summed E-state index contributed by atoms with van der Waals surface area (Å²) in [5.41, 5.74) is 1.20. The molecule has 0 aliphatic carbocycles. The van der Waals surface area contributed by atoms with Gasteiger partial charge in [-0.25, -0.2) is 0 Å². The summed E-state index contributed by atoms with van der Waals surface area (Å²) in [5.74, 6) is 1.64. The van der Waals surface area contributed by atoms with E-state index < -0.39 is 0 Å². The molecule has 25 heavy (non-hydrogen) atoms. The molecule has 2 N–H and O–H groups in total. The predicted molar refractivity (Wildman–Crippen MR) is 118 cm³/mol. The Balaban J connectivity index is 0.00000225. The summed E-state index contributed by atoms with van der Waals surface area (Å²) in [4.78, 5) is 9.15. The van der Waals surface area contributed by atoms with E-state index in [9.17, 15) is 0 Å². The first-order chi connectivity index (χ1) is 11.6. The Hall–Kier alpha value is -0.730. The molecule has 2 atom stereocenters. The van der Waals surface area contributed by atoms with Crippen LogP contribution in [0.3, 0.4) is 0 Å². The number of nitrogens with zero attached hydrogens (tertiary/aromatic N) is 3. The topological polar surface area (TPSA) is 42.9 Å². The van der Waals surface area contributed by atoms with Crippen LogP contribution in [0, 0.1) is 5.92 Å². The highest BCUT2D eigenvalue weighted by molar-refractivity contribution is 14.0. The predicted octanol–water partition coefficient (Wildman–Crippen LogP) is 2.65. The van der Waals surface area contributed by atoms with E-state index in [0.717, 1.165) is 43.0 Å². The second-order valence-corrected chi connectivity index (χ2v) is 7.36. The number of guanidine groups is 1. The summed E-state index contributed by atoms with van der Waals surface area (Å²) in [6.45, 7) is 5.40. The Labute approximate surface area is 173 Å². The van der Waals surface area contributed by atoms with Crippen LogP contribution in [0.15, 0.2) is 29.3 Å². The zero-order valence-corrected chi connectivity index (χ0v) is 18.1. The van der Waals surface area contributed by atoms with Gasteiger partial charge in [0, 0.05) is 50.0 Å². The fourth-order valence-corrected chi connectivity index (χ4v) is 3.79. The van der Waals surface area contributed by atoms with Crippen LogP contribution < -0.4 is 15.5 Å². The number of hydrogen-bond acceptors (Lipinski definition) is 3. The third-order valence-corrected chi connectivity index (χ3v) is 5.21. The number of likely N-dealkylation sites (tertiary alicyclic amines) is 1. The van der Waals surface area contributed by atoms with Crippen molar-refractivity contribution < 1.29 is 0 Å². The number of benzene rings is 1. The van der Waals surface area contributed by atoms with E-state index in [-0.39, 0.29) is 24.0 Å². The van der Waals surface area contributed by atoms with Crippen LogP contribution in [-0.2, 0) is 0 Å². The van der Waals surface area contributed by atoms with Gasteiger partial charge in [-0.1, -0.05) is 17.7 Å². The van der Waals surface area contributed by atoms with Crippen LogP contribution in [0.1, 0.15) is 12.8 Å². The number of anilines is 1. The van der Waals surface area contributed by atoms with Gasteiger partial charge in [-0.15, -0.1) is 24.0 Å². The Morgan fingerprint density at radius 2 is 2.12 bits per heavy atom. The first-order valence-electron chi connectivity index (χ1n) is 8.80. The molecule has 140 valence electrons. The maximum Gasteiger partial charge on any atom is 0.191 e. The van der Waals surface area contributed by atoms with Crippen LogP contribution in [0.2, 0.25) is 5.02 Å². The largest absolute Gasteiger partial charge is 0.369 e. The van der Waals surface area contributed by atoms with Gasteiger partial charge < -0.3 is 20.4 Å². The highest BCUT2D eigenvalue weighted by Gasteiger charge is 2.24. The quantitative estimate of drug-likeness (QED) is 0.398. The van der Waals surface area contributed by atoms with Crippen LogP contribution in [0.25, 0.3) is 0 Å². The summed E-state index contributed by atoms with van der Waals surface area (Å²) in [6.07, 6.45) is 2.38. The summed E-state index contributed by atoms with van der Waals surface area (Å²) >= 11 is 6.11. The van der Waals surface area contributed by atoms with E-state index in [1.54, 1.807) is 0 Å². The van der Waals surface area contributed by atoms with Crippen molar-refractivity contribution in [1.29, 1.82) is 0 Å². The number of hydrogen-bond donors (Lipinski definition) is 2. The molecule has 2 heterocycles. The molecule has 0 bridgehead atoms. The Morgan fingerprint density at radius 1 is 1.28 bits per heavy atom. The molecule has 1 aromatic carbocycles. The molecule has 1 aromatic rings. The average molecular weight is 478 g/mol. The van der Waals surface area contributed by atoms with Crippen LogP contribution >= 0.6 is 35.6 Å². The van der Waals surface area contributed by atoms with Gasteiger partial charge in [-0.2, -0.15) is 0 Å². The lowest BCUT2D eigenvalue weighted by Gasteiger charge is -2.21. The highest BCUT2D eigenvalue weighted by atomic mass is 127. The first kappa shape index (κ1) is 20.6. The lowest BCUT2D eigenvalue weighted by molar-refractivity contribution is 0.393. The second-order valence-electron chi connectivity index (χ2n) is 6.93. The van der Waals surface area contributed by atoms with E-state index in [1.165, 1.54) is 25.2 Å². The normalized spacial score (nSPS) is 24.3. The summed E-state index contributed by atoms with van der Waals surface area (Å²) < 4.78 is 0. The lowest BCUT2D eigenvalue weighted by Crippen LogP contribution is -2.46. The Kier molecular flexibility index (Phi) is 8.09. The van der Waals surface area contributed by atoms with Crippen LogP contribution in [-0.4, -0.2) is 63.7 Å². The van der Waals surface area contributed by atoms with E-state index in [0.29, 0.717) is 6.04 Å². The third kappa shape index (κ3) is 5.89. The molecule has 0 aromatic heterocycles. The molecule has 0 saturated carbocycles. The van der Waals surface area contributed by atoms with Crippen LogP contribution in [0.5, 0.6) is 0 Å². The zero-order chi connectivity index (χ0) is 16.9. The molecule has 2 fully saturated rings. The van der Waals surface area contributed by atoms with E-state index in [2.05, 4.69) is 38.5 Å². The third-order valence-electron chi connectivity index (χ3n) is 4.97. The molecule has 7 heteroatoms. The highest BCUT2D eigenvalue weighted by Crippen LogP contribution is 2.23. The minimum absolute atomic E-state index is 0. The molecule has 0 radical (unpaired) electrons. The number of aliphatic imine (C=N–C) groups is 1. The van der Waals surface area contributed by atoms with Crippen molar-refractivity contribution in [3.8, 4) is 0 Å². The molecule has 3 rings (SSSR count).